The molecular formula is C19H23NO. The molecule has 3 rings (SSSR count). The molecule has 0 aliphatic heterocycles. The third-order valence-corrected chi connectivity index (χ3v) is 4.74. The van der Waals surface area contributed by atoms with E-state index >= 15 is 0 Å². The Morgan fingerprint density at radius 2 is 1.86 bits per heavy atom. The number of benzene rings is 2. The molecule has 0 aromatic heterocycles. The molecule has 0 heterocycles. The lowest BCUT2D eigenvalue weighted by Gasteiger charge is -2.41. The lowest BCUT2D eigenvalue weighted by molar-refractivity contribution is 0.250. The molecule has 0 bridgehead atoms. The fraction of sp³-hybridized carbons (Fsp3) is 0.368. The quantitative estimate of drug-likeness (QED) is 0.900. The van der Waals surface area contributed by atoms with Crippen LogP contribution < -0.4 is 10.5 Å². The molecule has 0 atom stereocenters. The minimum atomic E-state index is 0.193. The molecule has 110 valence electrons. The van der Waals surface area contributed by atoms with Gasteiger partial charge in [-0.15, -0.1) is 0 Å². The van der Waals surface area contributed by atoms with Crippen LogP contribution in [0.3, 0.4) is 0 Å². The monoisotopic (exact) mass is 281 g/mol. The van der Waals surface area contributed by atoms with Crippen LogP contribution in [0.4, 0.5) is 0 Å². The van der Waals surface area contributed by atoms with Gasteiger partial charge in [0, 0.05) is 12.0 Å². The van der Waals surface area contributed by atoms with Crippen molar-refractivity contribution in [2.24, 2.45) is 5.73 Å². The molecule has 2 aromatic carbocycles. The van der Waals surface area contributed by atoms with Crippen molar-refractivity contribution in [1.82, 2.24) is 0 Å². The molecule has 2 heteroatoms. The first-order chi connectivity index (χ1) is 10.2. The highest BCUT2D eigenvalue weighted by molar-refractivity contribution is 5.41. The van der Waals surface area contributed by atoms with E-state index in [0.717, 1.165) is 12.3 Å². The Morgan fingerprint density at radius 1 is 1.10 bits per heavy atom. The van der Waals surface area contributed by atoms with Gasteiger partial charge in [-0.3, -0.25) is 0 Å². The Morgan fingerprint density at radius 3 is 2.48 bits per heavy atom. The molecule has 2 N–H and O–H groups in total. The Bertz CT molecular complexity index is 597. The van der Waals surface area contributed by atoms with Crippen LogP contribution >= 0.6 is 0 Å². The number of hydrogen-bond donors (Lipinski definition) is 1. The first kappa shape index (κ1) is 14.2. The highest BCUT2D eigenvalue weighted by Gasteiger charge is 2.37. The van der Waals surface area contributed by atoms with E-state index in [0.29, 0.717) is 6.61 Å². The van der Waals surface area contributed by atoms with Crippen molar-refractivity contribution in [1.29, 1.82) is 0 Å². The first-order valence-electron chi connectivity index (χ1n) is 7.71. The second-order valence-electron chi connectivity index (χ2n) is 6.09. The molecule has 0 spiro atoms. The molecule has 1 aliphatic rings. The van der Waals surface area contributed by atoms with Crippen molar-refractivity contribution in [3.05, 3.63) is 65.2 Å². The van der Waals surface area contributed by atoms with Crippen LogP contribution in [0.5, 0.6) is 5.75 Å². The molecule has 1 aliphatic carbocycles. The number of rotatable bonds is 5. The summed E-state index contributed by atoms with van der Waals surface area (Å²) in [6, 6.07) is 16.9. The molecule has 0 radical (unpaired) electrons. The van der Waals surface area contributed by atoms with Crippen molar-refractivity contribution in [2.45, 2.75) is 38.2 Å². The average Bonchev–Trinajstić information content (AvgIpc) is 2.48. The van der Waals surface area contributed by atoms with E-state index in [1.165, 1.54) is 36.0 Å². The molecule has 2 nitrogen and oxygen atoms in total. The van der Waals surface area contributed by atoms with Crippen LogP contribution in [0, 0.1) is 6.92 Å². The van der Waals surface area contributed by atoms with E-state index < -0.39 is 0 Å². The van der Waals surface area contributed by atoms with Crippen molar-refractivity contribution in [2.75, 3.05) is 6.54 Å². The number of hydrogen-bond acceptors (Lipinski definition) is 2. The second-order valence-corrected chi connectivity index (χ2v) is 6.09. The second kappa shape index (κ2) is 5.90. The van der Waals surface area contributed by atoms with E-state index in [9.17, 15) is 0 Å². The van der Waals surface area contributed by atoms with Crippen LogP contribution in [-0.2, 0) is 12.0 Å². The first-order valence-corrected chi connectivity index (χ1v) is 7.71. The third kappa shape index (κ3) is 2.81. The van der Waals surface area contributed by atoms with Crippen LogP contribution in [0.25, 0.3) is 0 Å². The van der Waals surface area contributed by atoms with Gasteiger partial charge >= 0.3 is 0 Å². The SMILES string of the molecule is Cc1ccc(C2(CN)CCC2)cc1OCc1ccccc1. The van der Waals surface area contributed by atoms with Crippen LogP contribution in [0.2, 0.25) is 0 Å². The Balaban J connectivity index is 1.78. The molecule has 1 saturated carbocycles. The van der Waals surface area contributed by atoms with E-state index in [1.54, 1.807) is 0 Å². The normalized spacial score (nSPS) is 16.3. The van der Waals surface area contributed by atoms with Crippen molar-refractivity contribution in [3.8, 4) is 5.75 Å². The summed E-state index contributed by atoms with van der Waals surface area (Å²) >= 11 is 0. The number of ether oxygens (including phenoxy) is 1. The predicted molar refractivity (Wildman–Crippen MR) is 86.5 cm³/mol. The molecule has 0 unspecified atom stereocenters. The third-order valence-electron chi connectivity index (χ3n) is 4.74. The van der Waals surface area contributed by atoms with Crippen molar-refractivity contribution >= 4 is 0 Å². The topological polar surface area (TPSA) is 35.2 Å². The van der Waals surface area contributed by atoms with E-state index in [2.05, 4.69) is 37.3 Å². The summed E-state index contributed by atoms with van der Waals surface area (Å²) in [5, 5.41) is 0. The van der Waals surface area contributed by atoms with E-state index in [4.69, 9.17) is 10.5 Å². The van der Waals surface area contributed by atoms with Gasteiger partial charge in [0.2, 0.25) is 0 Å². The van der Waals surface area contributed by atoms with Crippen LogP contribution in [0.15, 0.2) is 48.5 Å². The average molecular weight is 281 g/mol. The lowest BCUT2D eigenvalue weighted by Crippen LogP contribution is -2.41. The molecule has 0 amide bonds. The molecule has 1 fully saturated rings. The minimum absolute atomic E-state index is 0.193. The van der Waals surface area contributed by atoms with Gasteiger partial charge in [-0.05, 0) is 42.5 Å². The molecule has 21 heavy (non-hydrogen) atoms. The van der Waals surface area contributed by atoms with Gasteiger partial charge in [0.05, 0.1) is 0 Å². The van der Waals surface area contributed by atoms with Gasteiger partial charge in [-0.2, -0.15) is 0 Å². The van der Waals surface area contributed by atoms with E-state index in [1.807, 2.05) is 18.2 Å². The van der Waals surface area contributed by atoms with Crippen LogP contribution in [0.1, 0.15) is 36.0 Å². The summed E-state index contributed by atoms with van der Waals surface area (Å²) in [5.74, 6) is 0.982. The standard InChI is InChI=1S/C19H23NO/c1-15-8-9-17(19(14-20)10-5-11-19)12-18(15)21-13-16-6-3-2-4-7-16/h2-4,6-9,12H,5,10-11,13-14,20H2,1H3. The molecular weight excluding hydrogens is 258 g/mol. The predicted octanol–water partition coefficient (Wildman–Crippen LogP) is 3.95. The summed E-state index contributed by atoms with van der Waals surface area (Å²) in [4.78, 5) is 0. The van der Waals surface area contributed by atoms with E-state index in [-0.39, 0.29) is 5.41 Å². The maximum Gasteiger partial charge on any atom is 0.123 e. The van der Waals surface area contributed by atoms with Gasteiger partial charge in [0.15, 0.2) is 0 Å². The lowest BCUT2D eigenvalue weighted by atomic mass is 9.64. The zero-order valence-corrected chi connectivity index (χ0v) is 12.6. The Hall–Kier alpha value is -1.80. The summed E-state index contributed by atoms with van der Waals surface area (Å²) in [6.45, 7) is 3.44. The van der Waals surface area contributed by atoms with Gasteiger partial charge in [-0.25, -0.2) is 0 Å². The summed E-state index contributed by atoms with van der Waals surface area (Å²) in [6.07, 6.45) is 3.68. The van der Waals surface area contributed by atoms with Gasteiger partial charge < -0.3 is 10.5 Å². The molecule has 2 aromatic rings. The summed E-state index contributed by atoms with van der Waals surface area (Å²) in [7, 11) is 0. The van der Waals surface area contributed by atoms with Crippen molar-refractivity contribution in [3.63, 3.8) is 0 Å². The summed E-state index contributed by atoms with van der Waals surface area (Å²) in [5.41, 5.74) is 9.92. The highest BCUT2D eigenvalue weighted by atomic mass is 16.5. The maximum absolute atomic E-state index is 6.03. The zero-order valence-electron chi connectivity index (χ0n) is 12.6. The maximum atomic E-state index is 6.03. The Labute approximate surface area is 126 Å². The smallest absolute Gasteiger partial charge is 0.123 e. The number of aryl methyl sites for hydroxylation is 1. The van der Waals surface area contributed by atoms with Gasteiger partial charge in [-0.1, -0.05) is 48.9 Å². The van der Waals surface area contributed by atoms with Crippen molar-refractivity contribution < 1.29 is 4.74 Å². The minimum Gasteiger partial charge on any atom is -0.489 e. The fourth-order valence-corrected chi connectivity index (χ4v) is 3.03. The largest absolute Gasteiger partial charge is 0.489 e. The van der Waals surface area contributed by atoms with Crippen LogP contribution in [-0.4, -0.2) is 6.54 Å². The summed E-state index contributed by atoms with van der Waals surface area (Å²) < 4.78 is 6.03. The highest BCUT2D eigenvalue weighted by Crippen LogP contribution is 2.44. The fourth-order valence-electron chi connectivity index (χ4n) is 3.03. The van der Waals surface area contributed by atoms with Gasteiger partial charge in [0.1, 0.15) is 12.4 Å². The number of nitrogens with two attached hydrogens (primary N) is 1. The Kier molecular flexibility index (Phi) is 3.98. The molecule has 0 saturated heterocycles. The zero-order chi connectivity index (χ0) is 14.7. The van der Waals surface area contributed by atoms with Gasteiger partial charge in [0.25, 0.3) is 0 Å².